The van der Waals surface area contributed by atoms with Crippen LogP contribution >= 0.6 is 37.2 Å². The van der Waals surface area contributed by atoms with E-state index in [-0.39, 0.29) is 49.2 Å². The molecule has 1 aromatic rings. The SMILES string of the molecule is CC(CN1CCN(c2ccccc2)CC1)NC(=O)C1CC(F)(F)CN1.Cl.Cl.Cl. The molecule has 2 heterocycles. The number of para-hydroxylation sites is 1. The highest BCUT2D eigenvalue weighted by Gasteiger charge is 2.42. The zero-order valence-corrected chi connectivity index (χ0v) is 18.2. The minimum atomic E-state index is -2.78. The number of carbonyl (C=O) groups is 1. The summed E-state index contributed by atoms with van der Waals surface area (Å²) in [6, 6.07) is 9.48. The summed E-state index contributed by atoms with van der Waals surface area (Å²) in [6.45, 7) is 5.98. The lowest BCUT2D eigenvalue weighted by Gasteiger charge is -2.37. The molecule has 2 aliphatic heterocycles. The summed E-state index contributed by atoms with van der Waals surface area (Å²) < 4.78 is 26.4. The van der Waals surface area contributed by atoms with Gasteiger partial charge in [-0.1, -0.05) is 18.2 Å². The Morgan fingerprint density at radius 1 is 1.18 bits per heavy atom. The van der Waals surface area contributed by atoms with Crippen molar-refractivity contribution in [3.63, 3.8) is 0 Å². The van der Waals surface area contributed by atoms with Crippen molar-refractivity contribution < 1.29 is 13.6 Å². The Morgan fingerprint density at radius 2 is 1.79 bits per heavy atom. The van der Waals surface area contributed by atoms with Gasteiger partial charge >= 0.3 is 0 Å². The van der Waals surface area contributed by atoms with Gasteiger partial charge in [-0.25, -0.2) is 8.78 Å². The fourth-order valence-electron chi connectivity index (χ4n) is 3.50. The number of nitrogens with one attached hydrogen (secondary N) is 2. The van der Waals surface area contributed by atoms with Gasteiger partial charge in [0.05, 0.1) is 12.6 Å². The number of alkyl halides is 2. The Bertz CT molecular complexity index is 589. The first-order valence-corrected chi connectivity index (χ1v) is 8.87. The van der Waals surface area contributed by atoms with E-state index in [4.69, 9.17) is 0 Å². The minimum Gasteiger partial charge on any atom is -0.369 e. The Hall–Kier alpha value is -0.860. The first-order valence-electron chi connectivity index (χ1n) is 8.87. The summed E-state index contributed by atoms with van der Waals surface area (Å²) in [5, 5.41) is 5.46. The molecule has 0 bridgehead atoms. The molecule has 3 rings (SSSR count). The molecule has 5 nitrogen and oxygen atoms in total. The topological polar surface area (TPSA) is 47.6 Å². The van der Waals surface area contributed by atoms with Crippen molar-refractivity contribution in [1.82, 2.24) is 15.5 Å². The average molecular weight is 462 g/mol. The van der Waals surface area contributed by atoms with Crippen molar-refractivity contribution in [1.29, 1.82) is 0 Å². The van der Waals surface area contributed by atoms with E-state index in [0.29, 0.717) is 0 Å². The van der Waals surface area contributed by atoms with Crippen molar-refractivity contribution in [2.45, 2.75) is 31.4 Å². The number of amides is 1. The molecule has 0 aliphatic carbocycles. The van der Waals surface area contributed by atoms with Gasteiger partial charge in [0.1, 0.15) is 0 Å². The van der Waals surface area contributed by atoms with Gasteiger partial charge in [-0.15, -0.1) is 37.2 Å². The first-order chi connectivity index (χ1) is 11.9. The van der Waals surface area contributed by atoms with E-state index in [1.54, 1.807) is 0 Å². The highest BCUT2D eigenvalue weighted by Crippen LogP contribution is 2.25. The summed E-state index contributed by atoms with van der Waals surface area (Å²) in [5.41, 5.74) is 1.23. The number of hydrogen-bond acceptors (Lipinski definition) is 4. The largest absolute Gasteiger partial charge is 0.369 e. The summed E-state index contributed by atoms with van der Waals surface area (Å²) in [6.07, 6.45) is -0.415. The van der Waals surface area contributed by atoms with Crippen molar-refractivity contribution in [3.05, 3.63) is 30.3 Å². The number of benzene rings is 1. The van der Waals surface area contributed by atoms with Gasteiger partial charge in [0.25, 0.3) is 5.92 Å². The standard InChI is InChI=1S/C18H26F2N4O.3ClH/c1-14(22-17(25)16-11-18(19,20)13-21-16)12-23-7-9-24(10-8-23)15-5-3-2-4-6-15;;;/h2-6,14,16,21H,7-13H2,1H3,(H,22,25);3*1H. The zero-order valence-electron chi connectivity index (χ0n) is 15.8. The minimum absolute atomic E-state index is 0. The van der Waals surface area contributed by atoms with E-state index >= 15 is 0 Å². The molecular formula is C18H29Cl3F2N4O. The van der Waals surface area contributed by atoms with Gasteiger partial charge in [0.2, 0.25) is 5.91 Å². The highest BCUT2D eigenvalue weighted by atomic mass is 35.5. The van der Waals surface area contributed by atoms with Crippen molar-refractivity contribution in [2.75, 3.05) is 44.2 Å². The third kappa shape index (κ3) is 7.52. The molecule has 1 amide bonds. The molecule has 2 N–H and O–H groups in total. The maximum atomic E-state index is 13.2. The third-order valence-corrected chi connectivity index (χ3v) is 4.84. The molecule has 2 atom stereocenters. The number of rotatable bonds is 5. The lowest BCUT2D eigenvalue weighted by molar-refractivity contribution is -0.124. The van der Waals surface area contributed by atoms with Gasteiger partial charge < -0.3 is 10.2 Å². The molecule has 1 aromatic carbocycles. The Labute approximate surface area is 183 Å². The van der Waals surface area contributed by atoms with Crippen LogP contribution in [0.3, 0.4) is 0 Å². The highest BCUT2D eigenvalue weighted by molar-refractivity contribution is 5.86. The smallest absolute Gasteiger partial charge is 0.262 e. The second kappa shape index (κ2) is 12.0. The van der Waals surface area contributed by atoms with E-state index in [2.05, 4.69) is 32.6 Å². The van der Waals surface area contributed by atoms with Crippen molar-refractivity contribution in [2.24, 2.45) is 0 Å². The number of halogens is 5. The predicted octanol–water partition coefficient (Wildman–Crippen LogP) is 2.58. The van der Waals surface area contributed by atoms with Crippen molar-refractivity contribution in [3.8, 4) is 0 Å². The van der Waals surface area contributed by atoms with Crippen LogP contribution in [-0.2, 0) is 4.79 Å². The molecule has 10 heteroatoms. The molecule has 2 unspecified atom stereocenters. The number of carbonyl (C=O) groups excluding carboxylic acids is 1. The maximum absolute atomic E-state index is 13.2. The molecule has 162 valence electrons. The van der Waals surface area contributed by atoms with Gasteiger partial charge in [-0.05, 0) is 19.1 Å². The molecule has 2 fully saturated rings. The van der Waals surface area contributed by atoms with E-state index in [0.717, 1.165) is 32.7 Å². The van der Waals surface area contributed by atoms with Crippen LogP contribution in [0, 0.1) is 0 Å². The number of hydrogen-bond donors (Lipinski definition) is 2. The lowest BCUT2D eigenvalue weighted by Crippen LogP contribution is -2.52. The lowest BCUT2D eigenvalue weighted by atomic mass is 10.1. The number of anilines is 1. The Balaban J connectivity index is 0.00000243. The van der Waals surface area contributed by atoms with E-state index < -0.39 is 24.9 Å². The summed E-state index contributed by atoms with van der Waals surface area (Å²) in [7, 11) is 0. The Kier molecular flexibility index (Phi) is 11.6. The molecule has 2 aliphatic rings. The van der Waals surface area contributed by atoms with E-state index in [9.17, 15) is 13.6 Å². The maximum Gasteiger partial charge on any atom is 0.262 e. The first kappa shape index (κ1) is 27.1. The normalized spacial score (nSPS) is 22.2. The molecule has 28 heavy (non-hydrogen) atoms. The van der Waals surface area contributed by atoms with Gasteiger partial charge in [0.15, 0.2) is 0 Å². The quantitative estimate of drug-likeness (QED) is 0.708. The Morgan fingerprint density at radius 3 is 2.32 bits per heavy atom. The predicted molar refractivity (Wildman–Crippen MR) is 116 cm³/mol. The summed E-state index contributed by atoms with van der Waals surface area (Å²) in [4.78, 5) is 16.7. The molecule has 0 saturated carbocycles. The summed E-state index contributed by atoms with van der Waals surface area (Å²) >= 11 is 0. The number of nitrogens with zero attached hydrogens (tertiary/aromatic N) is 2. The van der Waals surface area contributed by atoms with Crippen LogP contribution in [0.5, 0.6) is 0 Å². The second-order valence-corrected chi connectivity index (χ2v) is 7.03. The van der Waals surface area contributed by atoms with E-state index in [1.807, 2.05) is 25.1 Å². The van der Waals surface area contributed by atoms with Gasteiger partial charge in [-0.3, -0.25) is 15.0 Å². The van der Waals surface area contributed by atoms with Crippen LogP contribution in [0.1, 0.15) is 13.3 Å². The fraction of sp³-hybridized carbons (Fsp3) is 0.611. The van der Waals surface area contributed by atoms with Crippen LogP contribution in [0.4, 0.5) is 14.5 Å². The van der Waals surface area contributed by atoms with E-state index in [1.165, 1.54) is 5.69 Å². The molecule has 2 saturated heterocycles. The monoisotopic (exact) mass is 460 g/mol. The molecular weight excluding hydrogens is 433 g/mol. The number of piperazine rings is 1. The summed E-state index contributed by atoms with van der Waals surface area (Å²) in [5.74, 6) is -3.11. The van der Waals surface area contributed by atoms with Gasteiger partial charge in [-0.2, -0.15) is 0 Å². The van der Waals surface area contributed by atoms with Crippen LogP contribution in [-0.4, -0.2) is 68.1 Å². The van der Waals surface area contributed by atoms with Gasteiger partial charge in [0, 0.05) is 50.9 Å². The average Bonchev–Trinajstić information content (AvgIpc) is 2.96. The van der Waals surface area contributed by atoms with Crippen LogP contribution in [0.2, 0.25) is 0 Å². The van der Waals surface area contributed by atoms with Crippen LogP contribution in [0.15, 0.2) is 30.3 Å². The zero-order chi connectivity index (χ0) is 17.9. The second-order valence-electron chi connectivity index (χ2n) is 7.03. The molecule has 0 radical (unpaired) electrons. The fourth-order valence-corrected chi connectivity index (χ4v) is 3.50. The third-order valence-electron chi connectivity index (χ3n) is 4.84. The van der Waals surface area contributed by atoms with Crippen LogP contribution < -0.4 is 15.5 Å². The van der Waals surface area contributed by atoms with Crippen LogP contribution in [0.25, 0.3) is 0 Å². The molecule has 0 spiro atoms. The molecule has 0 aromatic heterocycles. The van der Waals surface area contributed by atoms with Crippen molar-refractivity contribution >= 4 is 48.8 Å².